The fraction of sp³-hybridized carbons (Fsp3) is 0.294. The maximum atomic E-state index is 12.4. The Morgan fingerprint density at radius 3 is 2.38 bits per heavy atom. The fourth-order valence-corrected chi connectivity index (χ4v) is 3.88. The van der Waals surface area contributed by atoms with Crippen molar-refractivity contribution in [2.45, 2.75) is 31.3 Å². The van der Waals surface area contributed by atoms with E-state index in [9.17, 15) is 18.0 Å². The van der Waals surface area contributed by atoms with E-state index in [2.05, 4.69) is 21.2 Å². The van der Waals surface area contributed by atoms with E-state index in [1.54, 1.807) is 19.9 Å². The summed E-state index contributed by atoms with van der Waals surface area (Å²) in [5.41, 5.74) is 0.158. The van der Waals surface area contributed by atoms with Gasteiger partial charge in [0.25, 0.3) is 5.56 Å². The van der Waals surface area contributed by atoms with E-state index in [-0.39, 0.29) is 28.9 Å². The van der Waals surface area contributed by atoms with Gasteiger partial charge in [-0.2, -0.15) is 4.31 Å². The molecule has 1 N–H and O–H groups in total. The van der Waals surface area contributed by atoms with Crippen molar-refractivity contribution >= 4 is 37.5 Å². The third-order valence-corrected chi connectivity index (χ3v) is 6.32. The quantitative estimate of drug-likeness (QED) is 0.744. The molecule has 0 atom stereocenters. The molecule has 0 aliphatic rings. The summed E-state index contributed by atoms with van der Waals surface area (Å²) in [5.74, 6) is -0.389. The molecule has 2 aromatic rings. The van der Waals surface area contributed by atoms with Crippen LogP contribution in [-0.4, -0.2) is 36.3 Å². The van der Waals surface area contributed by atoms with Crippen molar-refractivity contribution < 1.29 is 13.2 Å². The maximum Gasteiger partial charge on any atom is 0.251 e. The summed E-state index contributed by atoms with van der Waals surface area (Å²) in [4.78, 5) is 24.0. The first kappa shape index (κ1) is 20.3. The van der Waals surface area contributed by atoms with Crippen LogP contribution in [0.15, 0.2) is 56.8 Å². The summed E-state index contributed by atoms with van der Waals surface area (Å²) in [7, 11) is -2.05. The molecule has 1 aromatic carbocycles. The van der Waals surface area contributed by atoms with Crippen LogP contribution in [0.1, 0.15) is 13.8 Å². The van der Waals surface area contributed by atoms with Gasteiger partial charge in [-0.15, -0.1) is 0 Å². The Hall–Kier alpha value is -1.97. The van der Waals surface area contributed by atoms with Gasteiger partial charge in [0, 0.05) is 35.5 Å². The molecular formula is C17H20BrN3O4S. The van der Waals surface area contributed by atoms with Crippen LogP contribution in [0.5, 0.6) is 0 Å². The molecule has 0 radical (unpaired) electrons. The first-order valence-electron chi connectivity index (χ1n) is 7.85. The molecule has 0 saturated heterocycles. The first-order valence-corrected chi connectivity index (χ1v) is 10.1. The molecule has 0 fully saturated rings. The molecule has 140 valence electrons. The molecule has 0 bridgehead atoms. The molecule has 0 saturated carbocycles. The number of amides is 1. The van der Waals surface area contributed by atoms with Crippen LogP contribution >= 0.6 is 15.9 Å². The van der Waals surface area contributed by atoms with Crippen LogP contribution in [0.4, 0.5) is 5.69 Å². The van der Waals surface area contributed by atoms with E-state index < -0.39 is 10.0 Å². The molecule has 0 spiro atoms. The van der Waals surface area contributed by atoms with Gasteiger partial charge in [0.1, 0.15) is 6.54 Å². The van der Waals surface area contributed by atoms with Gasteiger partial charge in [-0.25, -0.2) is 8.42 Å². The highest BCUT2D eigenvalue weighted by atomic mass is 79.9. The van der Waals surface area contributed by atoms with Crippen molar-refractivity contribution in [1.82, 2.24) is 8.87 Å². The number of benzene rings is 1. The van der Waals surface area contributed by atoms with Crippen LogP contribution in [0, 0.1) is 0 Å². The van der Waals surface area contributed by atoms with Crippen molar-refractivity contribution in [1.29, 1.82) is 0 Å². The monoisotopic (exact) mass is 441 g/mol. The zero-order chi connectivity index (χ0) is 19.5. The SMILES string of the molecule is CC(C)N(C)S(=O)(=O)c1ccc(NC(=O)Cn2cc(Br)ccc2=O)cc1. The van der Waals surface area contributed by atoms with E-state index in [4.69, 9.17) is 0 Å². The van der Waals surface area contributed by atoms with Gasteiger partial charge in [0.05, 0.1) is 4.90 Å². The minimum atomic E-state index is -3.57. The van der Waals surface area contributed by atoms with Gasteiger partial charge in [0.15, 0.2) is 0 Å². The number of carbonyl (C=O) groups is 1. The normalized spacial score (nSPS) is 11.8. The number of nitrogens with zero attached hydrogens (tertiary/aromatic N) is 2. The lowest BCUT2D eigenvalue weighted by atomic mass is 10.3. The Bertz CT molecular complexity index is 953. The lowest BCUT2D eigenvalue weighted by Gasteiger charge is -2.21. The standard InChI is InChI=1S/C17H20BrN3O4S/c1-12(2)20(3)26(24,25)15-7-5-14(6-8-15)19-16(22)11-21-10-13(18)4-9-17(21)23/h4-10,12H,11H2,1-3H3,(H,19,22). The van der Waals surface area contributed by atoms with Crippen LogP contribution < -0.4 is 10.9 Å². The molecular weight excluding hydrogens is 422 g/mol. The Morgan fingerprint density at radius 2 is 1.81 bits per heavy atom. The van der Waals surface area contributed by atoms with Gasteiger partial charge in [-0.3, -0.25) is 9.59 Å². The molecule has 2 rings (SSSR count). The summed E-state index contributed by atoms with van der Waals surface area (Å²) < 4.78 is 28.1. The first-order chi connectivity index (χ1) is 12.1. The number of anilines is 1. The van der Waals surface area contributed by atoms with E-state index in [0.717, 1.165) is 0 Å². The number of nitrogens with one attached hydrogen (secondary N) is 1. The Morgan fingerprint density at radius 1 is 1.19 bits per heavy atom. The third-order valence-electron chi connectivity index (χ3n) is 3.80. The summed E-state index contributed by atoms with van der Waals surface area (Å²) in [6.45, 7) is 3.43. The molecule has 0 aliphatic heterocycles. The summed E-state index contributed by atoms with van der Waals surface area (Å²) in [6, 6.07) is 8.71. The van der Waals surface area contributed by atoms with Crippen molar-refractivity contribution in [3.05, 3.63) is 57.4 Å². The second-order valence-electron chi connectivity index (χ2n) is 6.00. The van der Waals surface area contributed by atoms with Crippen molar-refractivity contribution in [2.75, 3.05) is 12.4 Å². The average molecular weight is 442 g/mol. The summed E-state index contributed by atoms with van der Waals surface area (Å²) >= 11 is 3.25. The predicted molar refractivity (Wildman–Crippen MR) is 104 cm³/mol. The third kappa shape index (κ3) is 4.80. The second kappa shape index (κ2) is 8.15. The van der Waals surface area contributed by atoms with E-state index in [1.807, 2.05) is 0 Å². The number of rotatable bonds is 6. The molecule has 9 heteroatoms. The van der Waals surface area contributed by atoms with Crippen molar-refractivity contribution in [2.24, 2.45) is 0 Å². The predicted octanol–water partition coefficient (Wildman–Crippen LogP) is 2.28. The minimum absolute atomic E-state index is 0.144. The zero-order valence-corrected chi connectivity index (χ0v) is 17.0. The van der Waals surface area contributed by atoms with Crippen molar-refractivity contribution in [3.63, 3.8) is 0 Å². The van der Waals surface area contributed by atoms with Gasteiger partial charge < -0.3 is 9.88 Å². The highest BCUT2D eigenvalue weighted by Crippen LogP contribution is 2.19. The van der Waals surface area contributed by atoms with Gasteiger partial charge in [-0.1, -0.05) is 0 Å². The molecule has 0 unspecified atom stereocenters. The van der Waals surface area contributed by atoms with Crippen LogP contribution in [0.2, 0.25) is 0 Å². The maximum absolute atomic E-state index is 12.4. The molecule has 1 heterocycles. The van der Waals surface area contributed by atoms with E-state index in [0.29, 0.717) is 10.2 Å². The Balaban J connectivity index is 2.11. The molecule has 0 aliphatic carbocycles. The smallest absolute Gasteiger partial charge is 0.251 e. The highest BCUT2D eigenvalue weighted by molar-refractivity contribution is 9.10. The molecule has 1 amide bonds. The number of sulfonamides is 1. The number of carbonyl (C=O) groups excluding carboxylic acids is 1. The van der Waals surface area contributed by atoms with E-state index in [1.165, 1.54) is 52.4 Å². The van der Waals surface area contributed by atoms with Crippen molar-refractivity contribution in [3.8, 4) is 0 Å². The average Bonchev–Trinajstić information content (AvgIpc) is 2.57. The Labute approximate surface area is 160 Å². The topological polar surface area (TPSA) is 88.5 Å². The minimum Gasteiger partial charge on any atom is -0.325 e. The number of hydrogen-bond acceptors (Lipinski definition) is 4. The lowest BCUT2D eigenvalue weighted by Crippen LogP contribution is -2.33. The number of pyridine rings is 1. The van der Waals surface area contributed by atoms with Gasteiger partial charge >= 0.3 is 0 Å². The zero-order valence-electron chi connectivity index (χ0n) is 14.6. The number of halogens is 1. The summed E-state index contributed by atoms with van der Waals surface area (Å²) in [6.07, 6.45) is 1.53. The molecule has 7 nitrogen and oxygen atoms in total. The number of aromatic nitrogens is 1. The molecule has 26 heavy (non-hydrogen) atoms. The fourth-order valence-electron chi connectivity index (χ4n) is 2.14. The lowest BCUT2D eigenvalue weighted by molar-refractivity contribution is -0.116. The highest BCUT2D eigenvalue weighted by Gasteiger charge is 2.22. The number of hydrogen-bond donors (Lipinski definition) is 1. The van der Waals surface area contributed by atoms with Crippen LogP contribution in [0.25, 0.3) is 0 Å². The summed E-state index contributed by atoms with van der Waals surface area (Å²) in [5, 5.41) is 2.65. The Kier molecular flexibility index (Phi) is 6.38. The van der Waals surface area contributed by atoms with Gasteiger partial charge in [0.2, 0.25) is 15.9 Å². The van der Waals surface area contributed by atoms with Crippen LogP contribution in [-0.2, 0) is 21.4 Å². The van der Waals surface area contributed by atoms with Gasteiger partial charge in [-0.05, 0) is 60.1 Å². The largest absolute Gasteiger partial charge is 0.325 e. The van der Waals surface area contributed by atoms with Crippen LogP contribution in [0.3, 0.4) is 0 Å². The second-order valence-corrected chi connectivity index (χ2v) is 8.91. The van der Waals surface area contributed by atoms with E-state index >= 15 is 0 Å². The molecule has 1 aromatic heterocycles.